The van der Waals surface area contributed by atoms with Crippen molar-refractivity contribution in [2.24, 2.45) is 5.92 Å². The van der Waals surface area contributed by atoms with Crippen molar-refractivity contribution in [3.63, 3.8) is 0 Å². The zero-order valence-electron chi connectivity index (χ0n) is 5.27. The highest BCUT2D eigenvalue weighted by Gasteiger charge is 2.41. The van der Waals surface area contributed by atoms with E-state index in [1.807, 2.05) is 0 Å². The summed E-state index contributed by atoms with van der Waals surface area (Å²) in [5, 5.41) is -1.12. The molecule has 0 aliphatic heterocycles. The van der Waals surface area contributed by atoms with Crippen molar-refractivity contribution in [1.82, 2.24) is 0 Å². The molecule has 0 saturated heterocycles. The van der Waals surface area contributed by atoms with E-state index in [2.05, 4.69) is 12.6 Å². The summed E-state index contributed by atoms with van der Waals surface area (Å²) < 4.78 is 35.1. The Labute approximate surface area is 62.0 Å². The average Bonchev–Trinajstić information content (AvgIpc) is 1.60. The summed E-state index contributed by atoms with van der Waals surface area (Å²) in [7, 11) is 0. The second-order valence-corrected chi connectivity index (χ2v) is 2.28. The third-order valence-corrected chi connectivity index (χ3v) is 1.41. The summed E-state index contributed by atoms with van der Waals surface area (Å²) >= 11 is 3.11. The van der Waals surface area contributed by atoms with Crippen LogP contribution in [-0.2, 0) is 4.79 Å². The molecule has 1 nitrogen and oxygen atoms in total. The van der Waals surface area contributed by atoms with Crippen molar-refractivity contribution in [2.75, 3.05) is 0 Å². The Balaban J connectivity index is 4.22. The van der Waals surface area contributed by atoms with Gasteiger partial charge < -0.3 is 0 Å². The normalized spacial score (nSPS) is 14.9. The molecule has 1 atom stereocenters. The molecular weight excluding hydrogens is 165 g/mol. The molecule has 0 heterocycles. The van der Waals surface area contributed by atoms with Gasteiger partial charge in [0.1, 0.15) is 5.92 Å². The summed E-state index contributed by atoms with van der Waals surface area (Å²) in [6, 6.07) is 0. The van der Waals surface area contributed by atoms with Gasteiger partial charge >= 0.3 is 6.18 Å². The van der Waals surface area contributed by atoms with Crippen LogP contribution in [0.25, 0.3) is 0 Å². The van der Waals surface area contributed by atoms with Gasteiger partial charge in [-0.2, -0.15) is 13.2 Å². The van der Waals surface area contributed by atoms with E-state index >= 15 is 0 Å². The second kappa shape index (κ2) is 3.27. The molecule has 0 spiro atoms. The lowest BCUT2D eigenvalue weighted by atomic mass is 10.1. The smallest absolute Gasteiger partial charge is 0.287 e. The lowest BCUT2D eigenvalue weighted by Crippen LogP contribution is -2.27. The van der Waals surface area contributed by atoms with Crippen molar-refractivity contribution in [2.45, 2.75) is 19.5 Å². The molecule has 0 aromatic carbocycles. The molecule has 5 heteroatoms. The standard InChI is InChI=1S/C5H7F3OS/c1-2-3(4(9)10)5(6,7)8/h3H,2H2,1H3,(H,9,10)/t3-/m1/s1. The maximum Gasteiger partial charge on any atom is 0.399 e. The number of hydrogen-bond acceptors (Lipinski definition) is 1. The van der Waals surface area contributed by atoms with Gasteiger partial charge in [0.25, 0.3) is 0 Å². The van der Waals surface area contributed by atoms with Gasteiger partial charge in [-0.3, -0.25) is 4.79 Å². The zero-order valence-corrected chi connectivity index (χ0v) is 6.17. The quantitative estimate of drug-likeness (QED) is 0.630. The monoisotopic (exact) mass is 172 g/mol. The summed E-state index contributed by atoms with van der Waals surface area (Å²) in [5.74, 6) is -1.91. The minimum atomic E-state index is -4.44. The Morgan fingerprint density at radius 1 is 1.60 bits per heavy atom. The van der Waals surface area contributed by atoms with Gasteiger partial charge in [-0.1, -0.05) is 6.92 Å². The van der Waals surface area contributed by atoms with Gasteiger partial charge in [0.15, 0.2) is 5.12 Å². The number of hydrogen-bond donors (Lipinski definition) is 1. The SMILES string of the molecule is CC[C@H](C(=O)S)C(F)(F)F. The summed E-state index contributed by atoms with van der Waals surface area (Å²) in [6.07, 6.45) is -4.68. The molecule has 0 radical (unpaired) electrons. The van der Waals surface area contributed by atoms with Crippen molar-refractivity contribution in [1.29, 1.82) is 0 Å². The van der Waals surface area contributed by atoms with E-state index in [0.717, 1.165) is 0 Å². The number of carbonyl (C=O) groups is 1. The molecule has 0 aromatic rings. The lowest BCUT2D eigenvalue weighted by Gasteiger charge is -2.13. The van der Waals surface area contributed by atoms with Crippen LogP contribution in [0.5, 0.6) is 0 Å². The number of alkyl halides is 3. The Bertz CT molecular complexity index is 131. The van der Waals surface area contributed by atoms with Crippen LogP contribution in [0.1, 0.15) is 13.3 Å². The molecule has 0 unspecified atom stereocenters. The molecule has 0 rings (SSSR count). The van der Waals surface area contributed by atoms with Gasteiger partial charge in [-0.25, -0.2) is 0 Å². The first-order chi connectivity index (χ1) is 4.39. The third-order valence-electron chi connectivity index (χ3n) is 1.10. The zero-order chi connectivity index (χ0) is 8.36. The van der Waals surface area contributed by atoms with Crippen LogP contribution >= 0.6 is 12.6 Å². The Kier molecular flexibility index (Phi) is 3.21. The van der Waals surface area contributed by atoms with Crippen molar-refractivity contribution in [3.05, 3.63) is 0 Å². The average molecular weight is 172 g/mol. The Morgan fingerprint density at radius 3 is 2.00 bits per heavy atom. The molecule has 0 amide bonds. The molecule has 10 heavy (non-hydrogen) atoms. The fourth-order valence-corrected chi connectivity index (χ4v) is 0.875. The maximum atomic E-state index is 11.7. The minimum Gasteiger partial charge on any atom is -0.287 e. The van der Waals surface area contributed by atoms with Crippen molar-refractivity contribution >= 4 is 17.7 Å². The fourth-order valence-electron chi connectivity index (χ4n) is 0.546. The first kappa shape index (κ1) is 9.81. The van der Waals surface area contributed by atoms with E-state index in [1.165, 1.54) is 6.92 Å². The Hall–Kier alpha value is -0.190. The van der Waals surface area contributed by atoms with Gasteiger partial charge in [-0.15, -0.1) is 12.6 Å². The van der Waals surface area contributed by atoms with E-state index < -0.39 is 17.2 Å². The minimum absolute atomic E-state index is 0.244. The van der Waals surface area contributed by atoms with Crippen LogP contribution < -0.4 is 0 Å². The van der Waals surface area contributed by atoms with Crippen molar-refractivity contribution in [3.8, 4) is 0 Å². The van der Waals surface area contributed by atoms with E-state index in [-0.39, 0.29) is 6.42 Å². The first-order valence-corrected chi connectivity index (χ1v) is 3.13. The van der Waals surface area contributed by atoms with E-state index in [4.69, 9.17) is 0 Å². The lowest BCUT2D eigenvalue weighted by molar-refractivity contribution is -0.176. The number of carbonyl (C=O) groups excluding carboxylic acids is 1. The highest BCUT2D eigenvalue weighted by atomic mass is 32.1. The van der Waals surface area contributed by atoms with Crippen LogP contribution in [0.15, 0.2) is 0 Å². The summed E-state index contributed by atoms with van der Waals surface area (Å²) in [4.78, 5) is 10.2. The van der Waals surface area contributed by atoms with Crippen LogP contribution in [0, 0.1) is 5.92 Å². The van der Waals surface area contributed by atoms with Crippen molar-refractivity contribution < 1.29 is 18.0 Å². The number of halogens is 3. The van der Waals surface area contributed by atoms with Crippen LogP contribution in [0.3, 0.4) is 0 Å². The van der Waals surface area contributed by atoms with Crippen LogP contribution in [0.4, 0.5) is 13.2 Å². The fraction of sp³-hybridized carbons (Fsp3) is 0.800. The number of rotatable bonds is 2. The molecule has 0 fully saturated rings. The molecule has 0 aliphatic rings. The largest absolute Gasteiger partial charge is 0.399 e. The van der Waals surface area contributed by atoms with E-state index in [1.54, 1.807) is 0 Å². The molecule has 0 bridgehead atoms. The van der Waals surface area contributed by atoms with Gasteiger partial charge in [0.05, 0.1) is 0 Å². The molecule has 0 saturated carbocycles. The first-order valence-electron chi connectivity index (χ1n) is 2.69. The molecule has 0 aliphatic carbocycles. The van der Waals surface area contributed by atoms with Gasteiger partial charge in [0.2, 0.25) is 0 Å². The summed E-state index contributed by atoms with van der Waals surface area (Å²) in [5.41, 5.74) is 0. The molecule has 0 N–H and O–H groups in total. The van der Waals surface area contributed by atoms with Crippen LogP contribution in [0.2, 0.25) is 0 Å². The van der Waals surface area contributed by atoms with Crippen LogP contribution in [-0.4, -0.2) is 11.3 Å². The predicted octanol–water partition coefficient (Wildman–Crippen LogP) is 2.03. The van der Waals surface area contributed by atoms with E-state index in [0.29, 0.717) is 0 Å². The van der Waals surface area contributed by atoms with Gasteiger partial charge in [0, 0.05) is 0 Å². The molecule has 0 aromatic heterocycles. The third kappa shape index (κ3) is 2.60. The highest BCUT2D eigenvalue weighted by Crippen LogP contribution is 2.29. The highest BCUT2D eigenvalue weighted by molar-refractivity contribution is 7.96. The number of thiol groups is 1. The van der Waals surface area contributed by atoms with Gasteiger partial charge in [-0.05, 0) is 6.42 Å². The maximum absolute atomic E-state index is 11.7. The second-order valence-electron chi connectivity index (χ2n) is 1.84. The summed E-state index contributed by atoms with van der Waals surface area (Å²) in [6.45, 7) is 1.30. The van der Waals surface area contributed by atoms with E-state index in [9.17, 15) is 18.0 Å². The predicted molar refractivity (Wildman–Crippen MR) is 33.8 cm³/mol. The topological polar surface area (TPSA) is 17.1 Å². The molecular formula is C5H7F3OS. The Morgan fingerprint density at radius 2 is 2.00 bits per heavy atom. The molecule has 60 valence electrons.